The predicted octanol–water partition coefficient (Wildman–Crippen LogP) is 5.29. The van der Waals surface area contributed by atoms with Crippen molar-refractivity contribution < 1.29 is 0 Å². The lowest BCUT2D eigenvalue weighted by atomic mass is 10.1. The Morgan fingerprint density at radius 3 is 2.57 bits per heavy atom. The van der Waals surface area contributed by atoms with Gasteiger partial charge in [-0.2, -0.15) is 0 Å². The zero-order valence-electron chi connectivity index (χ0n) is 15.8. The van der Waals surface area contributed by atoms with Crippen molar-refractivity contribution in [3.8, 4) is 11.1 Å². The molecule has 2 heterocycles. The number of aliphatic imine (C=N–C) groups is 1. The van der Waals surface area contributed by atoms with Crippen LogP contribution >= 0.6 is 0 Å². The van der Waals surface area contributed by atoms with Crippen molar-refractivity contribution in [2.75, 3.05) is 6.54 Å². The SMILES string of the molecule is C1=NCC(Cc2cc(-c3ccccc3)c[nH]2)N1Cc1ccc2ccccc2c1. The van der Waals surface area contributed by atoms with E-state index in [4.69, 9.17) is 0 Å². The van der Waals surface area contributed by atoms with Crippen LogP contribution < -0.4 is 0 Å². The molecule has 28 heavy (non-hydrogen) atoms. The van der Waals surface area contributed by atoms with E-state index in [0.29, 0.717) is 6.04 Å². The lowest BCUT2D eigenvalue weighted by Gasteiger charge is -2.24. The van der Waals surface area contributed by atoms with Crippen molar-refractivity contribution in [1.82, 2.24) is 9.88 Å². The van der Waals surface area contributed by atoms with Gasteiger partial charge in [0.15, 0.2) is 0 Å². The number of benzene rings is 3. The summed E-state index contributed by atoms with van der Waals surface area (Å²) in [5, 5.41) is 2.59. The molecular weight excluding hydrogens is 342 g/mol. The van der Waals surface area contributed by atoms with Crippen molar-refractivity contribution in [2.45, 2.75) is 19.0 Å². The minimum atomic E-state index is 0.397. The molecule has 0 aliphatic carbocycles. The molecule has 1 atom stereocenters. The molecule has 1 aromatic heterocycles. The number of nitrogens with one attached hydrogen (secondary N) is 1. The molecule has 0 bridgehead atoms. The number of hydrogen-bond donors (Lipinski definition) is 1. The van der Waals surface area contributed by atoms with E-state index in [0.717, 1.165) is 19.5 Å². The first kappa shape index (κ1) is 16.8. The van der Waals surface area contributed by atoms with Gasteiger partial charge in [-0.1, -0.05) is 66.7 Å². The summed E-state index contributed by atoms with van der Waals surface area (Å²) >= 11 is 0. The summed E-state index contributed by atoms with van der Waals surface area (Å²) < 4.78 is 0. The van der Waals surface area contributed by atoms with Gasteiger partial charge in [-0.15, -0.1) is 0 Å². The highest BCUT2D eigenvalue weighted by atomic mass is 15.2. The second-order valence-electron chi connectivity index (χ2n) is 7.47. The highest BCUT2D eigenvalue weighted by molar-refractivity contribution is 5.83. The first-order valence-corrected chi connectivity index (χ1v) is 9.81. The van der Waals surface area contributed by atoms with Gasteiger partial charge in [-0.05, 0) is 39.6 Å². The Balaban J connectivity index is 1.30. The zero-order valence-corrected chi connectivity index (χ0v) is 15.8. The molecule has 0 spiro atoms. The first-order valence-electron chi connectivity index (χ1n) is 9.81. The van der Waals surface area contributed by atoms with Crippen LogP contribution in [-0.2, 0) is 13.0 Å². The average Bonchev–Trinajstić information content (AvgIpc) is 3.39. The zero-order chi connectivity index (χ0) is 18.8. The molecule has 1 N–H and O–H groups in total. The summed E-state index contributed by atoms with van der Waals surface area (Å²) in [5.74, 6) is 0. The van der Waals surface area contributed by atoms with Crippen LogP contribution in [-0.4, -0.2) is 28.8 Å². The maximum absolute atomic E-state index is 4.55. The first-order chi connectivity index (χ1) is 13.8. The molecule has 4 aromatic rings. The van der Waals surface area contributed by atoms with Gasteiger partial charge in [0.05, 0.1) is 18.9 Å². The van der Waals surface area contributed by atoms with Gasteiger partial charge in [-0.25, -0.2) is 0 Å². The van der Waals surface area contributed by atoms with E-state index >= 15 is 0 Å². The third-order valence-corrected chi connectivity index (χ3v) is 5.50. The summed E-state index contributed by atoms with van der Waals surface area (Å²) in [5.41, 5.74) is 5.09. The summed E-state index contributed by atoms with van der Waals surface area (Å²) in [6.07, 6.45) is 5.09. The lowest BCUT2D eigenvalue weighted by molar-refractivity contribution is 0.340. The number of aromatic amines is 1. The molecule has 0 saturated carbocycles. The van der Waals surface area contributed by atoms with Gasteiger partial charge >= 0.3 is 0 Å². The van der Waals surface area contributed by atoms with Gasteiger partial charge in [0.25, 0.3) is 0 Å². The van der Waals surface area contributed by atoms with E-state index in [1.165, 1.54) is 33.2 Å². The van der Waals surface area contributed by atoms with Crippen molar-refractivity contribution in [3.63, 3.8) is 0 Å². The normalized spacial score (nSPS) is 16.1. The Morgan fingerprint density at radius 2 is 1.68 bits per heavy atom. The minimum Gasteiger partial charge on any atom is -0.364 e. The van der Waals surface area contributed by atoms with Gasteiger partial charge in [0.2, 0.25) is 0 Å². The number of aromatic nitrogens is 1. The van der Waals surface area contributed by atoms with Gasteiger partial charge in [0.1, 0.15) is 0 Å². The molecule has 0 radical (unpaired) electrons. The number of hydrogen-bond acceptors (Lipinski definition) is 2. The number of rotatable bonds is 5. The maximum Gasteiger partial charge on any atom is 0.0857 e. The van der Waals surface area contributed by atoms with E-state index in [9.17, 15) is 0 Å². The van der Waals surface area contributed by atoms with Crippen molar-refractivity contribution in [1.29, 1.82) is 0 Å². The Morgan fingerprint density at radius 1 is 0.857 bits per heavy atom. The quantitative estimate of drug-likeness (QED) is 0.512. The van der Waals surface area contributed by atoms with Crippen LogP contribution in [0.15, 0.2) is 90.1 Å². The second-order valence-corrected chi connectivity index (χ2v) is 7.47. The Kier molecular flexibility index (Phi) is 4.42. The van der Waals surface area contributed by atoms with Crippen molar-refractivity contribution in [2.24, 2.45) is 4.99 Å². The number of fused-ring (bicyclic) bond motifs is 1. The van der Waals surface area contributed by atoms with Gasteiger partial charge in [0, 0.05) is 24.9 Å². The van der Waals surface area contributed by atoms with E-state index in [-0.39, 0.29) is 0 Å². The Hall–Kier alpha value is -3.33. The smallest absolute Gasteiger partial charge is 0.0857 e. The largest absolute Gasteiger partial charge is 0.364 e. The molecule has 3 heteroatoms. The Bertz CT molecular complexity index is 1110. The second kappa shape index (κ2) is 7.35. The van der Waals surface area contributed by atoms with Crippen LogP contribution in [0.1, 0.15) is 11.3 Å². The highest BCUT2D eigenvalue weighted by Crippen LogP contribution is 2.23. The molecule has 1 unspecified atom stereocenters. The predicted molar refractivity (Wildman–Crippen MR) is 117 cm³/mol. The molecule has 0 fully saturated rings. The third-order valence-electron chi connectivity index (χ3n) is 5.50. The minimum absolute atomic E-state index is 0.397. The van der Waals surface area contributed by atoms with Gasteiger partial charge < -0.3 is 9.88 Å². The van der Waals surface area contributed by atoms with Crippen LogP contribution in [0.2, 0.25) is 0 Å². The van der Waals surface area contributed by atoms with E-state index in [1.54, 1.807) is 0 Å². The lowest BCUT2D eigenvalue weighted by Crippen LogP contribution is -2.33. The summed E-state index contributed by atoms with van der Waals surface area (Å²) in [7, 11) is 0. The van der Waals surface area contributed by atoms with E-state index in [2.05, 4.69) is 99.9 Å². The van der Waals surface area contributed by atoms with E-state index < -0.39 is 0 Å². The fraction of sp³-hybridized carbons (Fsp3) is 0.160. The monoisotopic (exact) mass is 365 g/mol. The van der Waals surface area contributed by atoms with Crippen LogP contribution in [0, 0.1) is 0 Å². The Labute approximate surface area is 165 Å². The van der Waals surface area contributed by atoms with Crippen LogP contribution in [0.4, 0.5) is 0 Å². The average molecular weight is 365 g/mol. The fourth-order valence-electron chi connectivity index (χ4n) is 3.98. The van der Waals surface area contributed by atoms with Crippen LogP contribution in [0.25, 0.3) is 21.9 Å². The van der Waals surface area contributed by atoms with E-state index in [1.807, 2.05) is 6.34 Å². The standard InChI is InChI=1S/C25H23N3/c1-2-6-20(7-3-1)23-13-24(27-15-23)14-25-16-26-18-28(25)17-19-10-11-21-8-4-5-9-22(21)12-19/h1-13,15,18,25,27H,14,16-17H2. The third kappa shape index (κ3) is 3.44. The van der Waals surface area contributed by atoms with Crippen molar-refractivity contribution in [3.05, 3.63) is 96.3 Å². The molecule has 3 aromatic carbocycles. The number of nitrogens with zero attached hydrogens (tertiary/aromatic N) is 2. The van der Waals surface area contributed by atoms with Crippen molar-refractivity contribution >= 4 is 17.1 Å². The topological polar surface area (TPSA) is 31.4 Å². The molecule has 138 valence electrons. The van der Waals surface area contributed by atoms with Gasteiger partial charge in [-0.3, -0.25) is 4.99 Å². The van der Waals surface area contributed by atoms with Crippen LogP contribution in [0.5, 0.6) is 0 Å². The number of H-pyrrole nitrogens is 1. The molecular formula is C25H23N3. The molecule has 0 amide bonds. The van der Waals surface area contributed by atoms with Crippen LogP contribution in [0.3, 0.4) is 0 Å². The molecule has 1 aliphatic rings. The summed E-state index contributed by atoms with van der Waals surface area (Å²) in [6, 6.07) is 28.4. The summed E-state index contributed by atoms with van der Waals surface area (Å²) in [4.78, 5) is 10.4. The highest BCUT2D eigenvalue weighted by Gasteiger charge is 2.21. The molecule has 0 saturated heterocycles. The summed E-state index contributed by atoms with van der Waals surface area (Å²) in [6.45, 7) is 1.75. The molecule has 1 aliphatic heterocycles. The maximum atomic E-state index is 4.55. The molecule has 5 rings (SSSR count). The molecule has 3 nitrogen and oxygen atoms in total. The fourth-order valence-corrected chi connectivity index (χ4v) is 3.98.